The molecule has 2 aromatic carbocycles. The molecule has 0 spiro atoms. The van der Waals surface area contributed by atoms with Gasteiger partial charge in [-0.3, -0.25) is 9.59 Å². The van der Waals surface area contributed by atoms with Gasteiger partial charge in [0.1, 0.15) is 23.0 Å². The molecule has 0 N–H and O–H groups in total. The van der Waals surface area contributed by atoms with Crippen molar-refractivity contribution in [1.82, 2.24) is 0 Å². The second-order valence-corrected chi connectivity index (χ2v) is 11.0. The number of carbonyl (C=O) groups excluding carboxylic acids is 4. The maximum atomic E-state index is 13.5. The molecular weight excluding hydrogens is 520 g/mol. The number of hydrogen-bond donors (Lipinski definition) is 0. The highest BCUT2D eigenvalue weighted by atomic mass is 16.6. The first-order chi connectivity index (χ1) is 19.2. The smallest absolute Gasteiger partial charge is 0.344 e. The lowest BCUT2D eigenvalue weighted by atomic mass is 9.35. The molecule has 5 heterocycles. The minimum Gasteiger partial charge on any atom is -0.482 e. The molecule has 10 nitrogen and oxygen atoms in total. The Bertz CT molecular complexity index is 1280. The predicted molar refractivity (Wildman–Crippen MR) is 137 cm³/mol. The van der Waals surface area contributed by atoms with E-state index in [-0.39, 0.29) is 37.9 Å². The Kier molecular flexibility index (Phi) is 6.43. The van der Waals surface area contributed by atoms with Crippen LogP contribution in [0.15, 0.2) is 36.4 Å². The Morgan fingerprint density at radius 3 is 1.45 bits per heavy atom. The molecule has 210 valence electrons. The van der Waals surface area contributed by atoms with Gasteiger partial charge in [-0.05, 0) is 37.8 Å². The molecule has 0 radical (unpaired) electrons. The van der Waals surface area contributed by atoms with E-state index < -0.39 is 46.5 Å². The van der Waals surface area contributed by atoms with Crippen molar-refractivity contribution >= 4 is 23.9 Å². The van der Waals surface area contributed by atoms with E-state index in [0.29, 0.717) is 35.5 Å². The fraction of sp³-hybridized carbons (Fsp3) is 0.467. The van der Waals surface area contributed by atoms with E-state index in [1.807, 2.05) is 13.8 Å². The molecule has 0 saturated heterocycles. The number of carbonyl (C=O) groups is 4. The first kappa shape index (κ1) is 26.2. The molecule has 1 saturated carbocycles. The van der Waals surface area contributed by atoms with E-state index in [1.165, 1.54) is 0 Å². The van der Waals surface area contributed by atoms with Gasteiger partial charge in [-0.2, -0.15) is 0 Å². The van der Waals surface area contributed by atoms with Crippen molar-refractivity contribution < 1.29 is 47.6 Å². The van der Waals surface area contributed by atoms with Gasteiger partial charge in [0.05, 0.1) is 25.0 Å². The lowest BCUT2D eigenvalue weighted by molar-refractivity contribution is -0.184. The SMILES string of the molecule is CC12c3ccc4cc3OC(=O)C1C1(C)c3ccc(cc3OC(=O)C21)OCC(=O)OCCCCCCOC(=O)CO4. The lowest BCUT2D eigenvalue weighted by Crippen LogP contribution is -2.75. The Morgan fingerprint density at radius 1 is 0.600 bits per heavy atom. The van der Waals surface area contributed by atoms with Crippen molar-refractivity contribution in [2.75, 3.05) is 26.4 Å². The van der Waals surface area contributed by atoms with Gasteiger partial charge in [0, 0.05) is 34.1 Å². The fourth-order valence-corrected chi connectivity index (χ4v) is 6.96. The average molecular weight is 551 g/mol. The van der Waals surface area contributed by atoms with Gasteiger partial charge in [-0.15, -0.1) is 0 Å². The Labute approximate surface area is 230 Å². The molecule has 2 aromatic rings. The molecule has 5 aliphatic heterocycles. The van der Waals surface area contributed by atoms with Crippen molar-refractivity contribution in [1.29, 1.82) is 0 Å². The third kappa shape index (κ3) is 4.08. The summed E-state index contributed by atoms with van der Waals surface area (Å²) in [5.41, 5.74) is -0.369. The standard InChI is InChI=1S/C30H30O10/c1-29-19-9-7-17-13-21(19)39-27(33)25(29)30(2)20-10-8-18(14-22(20)40-28(34)26(29)30)38-16-24(32)36-12-6-4-3-5-11-35-23(31)15-37-17/h7-10,13-14,25-26H,3-6,11-12,15-16H2,1-2H3. The van der Waals surface area contributed by atoms with Gasteiger partial charge in [0.2, 0.25) is 0 Å². The number of hydrogen-bond acceptors (Lipinski definition) is 10. The van der Waals surface area contributed by atoms with E-state index in [1.54, 1.807) is 36.4 Å². The van der Waals surface area contributed by atoms with Crippen LogP contribution in [0.4, 0.5) is 0 Å². The maximum absolute atomic E-state index is 13.5. The molecule has 10 bridgehead atoms. The molecule has 1 aliphatic carbocycles. The van der Waals surface area contributed by atoms with E-state index in [4.69, 9.17) is 28.4 Å². The summed E-state index contributed by atoms with van der Waals surface area (Å²) in [7, 11) is 0. The second-order valence-electron chi connectivity index (χ2n) is 11.0. The van der Waals surface area contributed by atoms with Gasteiger partial charge >= 0.3 is 23.9 Å². The zero-order valence-electron chi connectivity index (χ0n) is 22.4. The summed E-state index contributed by atoms with van der Waals surface area (Å²) in [5.74, 6) is -1.98. The molecule has 8 rings (SSSR count). The number of esters is 4. The second kappa shape index (κ2) is 9.83. The fourth-order valence-electron chi connectivity index (χ4n) is 6.96. The molecule has 0 aromatic heterocycles. The van der Waals surface area contributed by atoms with Crippen LogP contribution in [0.25, 0.3) is 0 Å². The molecule has 0 atom stereocenters. The summed E-state index contributed by atoms with van der Waals surface area (Å²) < 4.78 is 33.2. The van der Waals surface area contributed by atoms with Crippen LogP contribution in [0.3, 0.4) is 0 Å². The topological polar surface area (TPSA) is 124 Å². The minimum absolute atomic E-state index is 0.258. The predicted octanol–water partition coefficient (Wildman–Crippen LogP) is 3.40. The first-order valence-corrected chi connectivity index (χ1v) is 13.5. The molecule has 10 heteroatoms. The van der Waals surface area contributed by atoms with Crippen molar-refractivity contribution in [2.24, 2.45) is 11.8 Å². The Morgan fingerprint density at radius 2 is 1.02 bits per heavy atom. The summed E-state index contributed by atoms with van der Waals surface area (Å²) in [4.78, 5) is 51.2. The van der Waals surface area contributed by atoms with Crippen LogP contribution in [0.5, 0.6) is 23.0 Å². The lowest BCUT2D eigenvalue weighted by Gasteiger charge is -2.66. The van der Waals surface area contributed by atoms with Gasteiger partial charge in [-0.1, -0.05) is 26.0 Å². The number of benzene rings is 2. The first-order valence-electron chi connectivity index (χ1n) is 13.5. The van der Waals surface area contributed by atoms with Crippen LogP contribution in [-0.2, 0) is 39.5 Å². The van der Waals surface area contributed by atoms with Crippen LogP contribution in [0, 0.1) is 11.8 Å². The third-order valence-corrected chi connectivity index (χ3v) is 8.64. The van der Waals surface area contributed by atoms with Crippen molar-refractivity contribution in [3.63, 3.8) is 0 Å². The average Bonchev–Trinajstić information content (AvgIpc) is 2.90. The summed E-state index contributed by atoms with van der Waals surface area (Å²) in [5, 5.41) is 0. The van der Waals surface area contributed by atoms with Crippen LogP contribution < -0.4 is 18.9 Å². The van der Waals surface area contributed by atoms with Crippen molar-refractivity contribution in [2.45, 2.75) is 50.4 Å². The van der Waals surface area contributed by atoms with Crippen LogP contribution >= 0.6 is 0 Å². The van der Waals surface area contributed by atoms with Gasteiger partial charge in [-0.25, -0.2) is 9.59 Å². The van der Waals surface area contributed by atoms with E-state index in [2.05, 4.69) is 0 Å². The number of rotatable bonds is 0. The quantitative estimate of drug-likeness (QED) is 0.356. The number of fused-ring (bicyclic) bond motifs is 2. The summed E-state index contributed by atoms with van der Waals surface area (Å²) in [6.07, 6.45) is 2.98. The highest BCUT2D eigenvalue weighted by molar-refractivity contribution is 5.94. The molecule has 0 amide bonds. The Hall–Kier alpha value is -4.08. The summed E-state index contributed by atoms with van der Waals surface area (Å²) in [6.45, 7) is 3.68. The monoisotopic (exact) mass is 550 g/mol. The molecular formula is C30H30O10. The van der Waals surface area contributed by atoms with Crippen LogP contribution in [0.2, 0.25) is 0 Å². The van der Waals surface area contributed by atoms with Crippen molar-refractivity contribution in [3.05, 3.63) is 47.5 Å². The summed E-state index contributed by atoms with van der Waals surface area (Å²) in [6, 6.07) is 10.1. The molecule has 1 fully saturated rings. The molecule has 6 aliphatic rings. The largest absolute Gasteiger partial charge is 0.482 e. The van der Waals surface area contributed by atoms with E-state index in [0.717, 1.165) is 12.8 Å². The van der Waals surface area contributed by atoms with Gasteiger partial charge < -0.3 is 28.4 Å². The Balaban J connectivity index is 1.34. The van der Waals surface area contributed by atoms with Crippen molar-refractivity contribution in [3.8, 4) is 23.0 Å². The molecule has 40 heavy (non-hydrogen) atoms. The maximum Gasteiger partial charge on any atom is 0.344 e. The van der Waals surface area contributed by atoms with Gasteiger partial charge in [0.15, 0.2) is 13.2 Å². The van der Waals surface area contributed by atoms with Crippen LogP contribution in [0.1, 0.15) is 50.7 Å². The highest BCUT2D eigenvalue weighted by Crippen LogP contribution is 2.71. The summed E-state index contributed by atoms with van der Waals surface area (Å²) >= 11 is 0. The zero-order valence-corrected chi connectivity index (χ0v) is 22.4. The van der Waals surface area contributed by atoms with E-state index in [9.17, 15) is 19.2 Å². The minimum atomic E-state index is -0.878. The van der Waals surface area contributed by atoms with E-state index >= 15 is 0 Å². The third-order valence-electron chi connectivity index (χ3n) is 8.64. The normalized spacial score (nSPS) is 30.1. The van der Waals surface area contributed by atoms with Gasteiger partial charge in [0.25, 0.3) is 0 Å². The highest BCUT2D eigenvalue weighted by Gasteiger charge is 2.77. The zero-order chi connectivity index (χ0) is 28.1. The van der Waals surface area contributed by atoms with Crippen LogP contribution in [-0.4, -0.2) is 50.3 Å². The molecule has 0 unspecified atom stereocenters. The number of ether oxygens (including phenoxy) is 6.